The molecule has 0 radical (unpaired) electrons. The van der Waals surface area contributed by atoms with Gasteiger partial charge in [0.1, 0.15) is 36.3 Å². The maximum atomic E-state index is 7.46. The van der Waals surface area contributed by atoms with E-state index in [1.807, 2.05) is 42.5 Å². The molecule has 0 amide bonds. The molecule has 31 heavy (non-hydrogen) atoms. The number of amidine groups is 1. The lowest BCUT2D eigenvalue weighted by Gasteiger charge is -2.19. The number of hydrogen-bond donors (Lipinski definition) is 2. The molecule has 0 spiro atoms. The predicted molar refractivity (Wildman–Crippen MR) is 124 cm³/mol. The largest absolute Gasteiger partial charge is 0.496 e. The fraction of sp³-hybridized carbons (Fsp3) is 0.269. The van der Waals surface area contributed by atoms with Crippen molar-refractivity contribution in [2.75, 3.05) is 7.11 Å². The smallest absolute Gasteiger partial charge is 0.125 e. The Morgan fingerprint density at radius 2 is 1.42 bits per heavy atom. The molecule has 0 saturated heterocycles. The molecule has 3 N–H and O–H groups in total. The molecular weight excluding hydrogens is 388 g/mol. The van der Waals surface area contributed by atoms with Crippen molar-refractivity contribution in [3.63, 3.8) is 0 Å². The number of methoxy groups -OCH3 is 1. The molecule has 0 atom stereocenters. The lowest BCUT2D eigenvalue weighted by atomic mass is 9.87. The number of rotatable bonds is 8. The third-order valence-corrected chi connectivity index (χ3v) is 5.03. The van der Waals surface area contributed by atoms with E-state index >= 15 is 0 Å². The lowest BCUT2D eigenvalue weighted by molar-refractivity contribution is 0.292. The molecule has 5 heteroatoms. The molecule has 0 aliphatic carbocycles. The number of nitrogens with two attached hydrogens (primary N) is 1. The van der Waals surface area contributed by atoms with E-state index in [0.717, 1.165) is 28.4 Å². The maximum absolute atomic E-state index is 7.46. The highest BCUT2D eigenvalue weighted by molar-refractivity contribution is 5.94. The van der Waals surface area contributed by atoms with E-state index in [9.17, 15) is 0 Å². The number of nitrogens with one attached hydrogen (secondary N) is 1. The Bertz CT molecular complexity index is 1020. The normalized spacial score (nSPS) is 11.1. The summed E-state index contributed by atoms with van der Waals surface area (Å²) >= 11 is 0. The molecule has 3 aromatic rings. The quantitative estimate of drug-likeness (QED) is 0.377. The summed E-state index contributed by atoms with van der Waals surface area (Å²) in [4.78, 5) is 0. The summed E-state index contributed by atoms with van der Waals surface area (Å²) in [6.45, 7) is 7.40. The number of ether oxygens (including phenoxy) is 3. The van der Waals surface area contributed by atoms with Crippen molar-refractivity contribution in [1.82, 2.24) is 0 Å². The summed E-state index contributed by atoms with van der Waals surface area (Å²) in [5.41, 5.74) is 9.51. The molecule has 0 heterocycles. The first-order chi connectivity index (χ1) is 14.8. The number of hydrogen-bond acceptors (Lipinski definition) is 4. The van der Waals surface area contributed by atoms with Gasteiger partial charge >= 0.3 is 0 Å². The van der Waals surface area contributed by atoms with Gasteiger partial charge in [-0.3, -0.25) is 5.41 Å². The van der Waals surface area contributed by atoms with Gasteiger partial charge < -0.3 is 19.9 Å². The van der Waals surface area contributed by atoms with Gasteiger partial charge in [-0.15, -0.1) is 0 Å². The van der Waals surface area contributed by atoms with Crippen LogP contribution < -0.4 is 19.9 Å². The molecule has 3 rings (SSSR count). The van der Waals surface area contributed by atoms with Crippen molar-refractivity contribution in [2.45, 2.75) is 39.4 Å². The molecule has 0 aromatic heterocycles. The minimum Gasteiger partial charge on any atom is -0.496 e. The van der Waals surface area contributed by atoms with Crippen LogP contribution in [0.2, 0.25) is 0 Å². The molecule has 3 aromatic carbocycles. The first kappa shape index (κ1) is 22.2. The summed E-state index contributed by atoms with van der Waals surface area (Å²) in [5.74, 6) is 2.36. The Kier molecular flexibility index (Phi) is 6.85. The van der Waals surface area contributed by atoms with Crippen LogP contribution >= 0.6 is 0 Å². The second-order valence-corrected chi connectivity index (χ2v) is 8.44. The van der Waals surface area contributed by atoms with E-state index in [1.165, 1.54) is 5.56 Å². The summed E-state index contributed by atoms with van der Waals surface area (Å²) in [6.07, 6.45) is 0. The van der Waals surface area contributed by atoms with Gasteiger partial charge in [0.2, 0.25) is 0 Å². The van der Waals surface area contributed by atoms with E-state index in [0.29, 0.717) is 18.8 Å². The van der Waals surface area contributed by atoms with E-state index in [-0.39, 0.29) is 11.3 Å². The van der Waals surface area contributed by atoms with Gasteiger partial charge in [-0.25, -0.2) is 0 Å². The van der Waals surface area contributed by atoms with Crippen LogP contribution in [-0.2, 0) is 18.6 Å². The standard InChI is InChI=1S/C26H30N2O3/c1-26(2,3)21-8-12-23(13-9-21)31-17-20-15-18(5-14-24(20)29-4)16-30-22-10-6-19(7-11-22)25(27)28/h5-15H,16-17H2,1-4H3,(H3,27,28). The van der Waals surface area contributed by atoms with Crippen LogP contribution in [0.25, 0.3) is 0 Å². The molecular formula is C26H30N2O3. The SMILES string of the molecule is COc1ccc(COc2ccc(C(=N)N)cc2)cc1COc1ccc(C(C)(C)C)cc1. The topological polar surface area (TPSA) is 77.6 Å². The second-order valence-electron chi connectivity index (χ2n) is 8.44. The van der Waals surface area contributed by atoms with Gasteiger partial charge in [0.25, 0.3) is 0 Å². The van der Waals surface area contributed by atoms with Crippen LogP contribution in [-0.4, -0.2) is 12.9 Å². The second kappa shape index (κ2) is 9.56. The lowest BCUT2D eigenvalue weighted by Crippen LogP contribution is -2.10. The van der Waals surface area contributed by atoms with Gasteiger partial charge in [-0.05, 0) is 65.1 Å². The van der Waals surface area contributed by atoms with Crippen LogP contribution in [0, 0.1) is 5.41 Å². The van der Waals surface area contributed by atoms with Crippen LogP contribution in [0.3, 0.4) is 0 Å². The maximum Gasteiger partial charge on any atom is 0.125 e. The monoisotopic (exact) mass is 418 g/mol. The van der Waals surface area contributed by atoms with Gasteiger partial charge in [-0.2, -0.15) is 0 Å². The average Bonchev–Trinajstić information content (AvgIpc) is 2.76. The molecule has 0 unspecified atom stereocenters. The fourth-order valence-corrected chi connectivity index (χ4v) is 3.14. The molecule has 162 valence electrons. The van der Waals surface area contributed by atoms with E-state index in [1.54, 1.807) is 19.2 Å². The summed E-state index contributed by atoms with van der Waals surface area (Å²) in [7, 11) is 1.66. The summed E-state index contributed by atoms with van der Waals surface area (Å²) < 4.78 is 17.4. The Morgan fingerprint density at radius 1 is 0.839 bits per heavy atom. The molecule has 0 aliphatic rings. The van der Waals surface area contributed by atoms with Gasteiger partial charge in [0, 0.05) is 11.1 Å². The third-order valence-electron chi connectivity index (χ3n) is 5.03. The van der Waals surface area contributed by atoms with Crippen LogP contribution in [0.4, 0.5) is 0 Å². The van der Waals surface area contributed by atoms with E-state index in [4.69, 9.17) is 25.4 Å². The van der Waals surface area contributed by atoms with Crippen LogP contribution in [0.1, 0.15) is 43.0 Å². The van der Waals surface area contributed by atoms with Gasteiger partial charge in [0.15, 0.2) is 0 Å². The van der Waals surface area contributed by atoms with Crippen molar-refractivity contribution in [3.05, 3.63) is 89.0 Å². The zero-order valence-electron chi connectivity index (χ0n) is 18.6. The van der Waals surface area contributed by atoms with Gasteiger partial charge in [0.05, 0.1) is 7.11 Å². The molecule has 0 fully saturated rings. The van der Waals surface area contributed by atoms with Crippen molar-refractivity contribution in [1.29, 1.82) is 5.41 Å². The highest BCUT2D eigenvalue weighted by Crippen LogP contribution is 2.26. The van der Waals surface area contributed by atoms with Crippen LogP contribution in [0.5, 0.6) is 17.2 Å². The zero-order chi connectivity index (χ0) is 22.4. The Morgan fingerprint density at radius 3 is 1.97 bits per heavy atom. The molecule has 0 aliphatic heterocycles. The van der Waals surface area contributed by atoms with E-state index < -0.39 is 0 Å². The summed E-state index contributed by atoms with van der Waals surface area (Å²) in [5, 5.41) is 7.46. The van der Waals surface area contributed by atoms with Crippen molar-refractivity contribution in [2.24, 2.45) is 5.73 Å². The minimum atomic E-state index is 0.0411. The van der Waals surface area contributed by atoms with Crippen molar-refractivity contribution >= 4 is 5.84 Å². The minimum absolute atomic E-state index is 0.0411. The van der Waals surface area contributed by atoms with Crippen molar-refractivity contribution in [3.8, 4) is 17.2 Å². The number of benzene rings is 3. The zero-order valence-corrected chi connectivity index (χ0v) is 18.6. The van der Waals surface area contributed by atoms with Crippen LogP contribution in [0.15, 0.2) is 66.7 Å². The predicted octanol–water partition coefficient (Wildman–Crippen LogP) is 5.43. The van der Waals surface area contributed by atoms with Crippen molar-refractivity contribution < 1.29 is 14.2 Å². The highest BCUT2D eigenvalue weighted by Gasteiger charge is 2.13. The Labute approximate surface area is 184 Å². The fourth-order valence-electron chi connectivity index (χ4n) is 3.14. The summed E-state index contributed by atoms with van der Waals surface area (Å²) in [6, 6.07) is 21.3. The Balaban J connectivity index is 1.65. The highest BCUT2D eigenvalue weighted by atomic mass is 16.5. The Hall–Kier alpha value is -3.47. The van der Waals surface area contributed by atoms with E-state index in [2.05, 4.69) is 32.9 Å². The molecule has 5 nitrogen and oxygen atoms in total. The average molecular weight is 419 g/mol. The third kappa shape index (κ3) is 6.01. The number of nitrogen functional groups attached to an aromatic ring is 1. The molecule has 0 bridgehead atoms. The molecule has 0 saturated carbocycles. The first-order valence-corrected chi connectivity index (χ1v) is 10.2. The van der Waals surface area contributed by atoms with Gasteiger partial charge in [-0.1, -0.05) is 39.0 Å². The first-order valence-electron chi connectivity index (χ1n) is 10.2.